The molecule has 0 unspecified atom stereocenters. The molecular weight excluding hydrogens is 394 g/mol. The smallest absolute Gasteiger partial charge is 0.151 e. The molecule has 1 aliphatic heterocycles. The van der Waals surface area contributed by atoms with Crippen molar-refractivity contribution in [3.8, 4) is 11.5 Å². The Morgan fingerprint density at radius 2 is 1.67 bits per heavy atom. The summed E-state index contributed by atoms with van der Waals surface area (Å²) in [6.07, 6.45) is 4.87. The third-order valence-electron chi connectivity index (χ3n) is 3.53. The van der Waals surface area contributed by atoms with Crippen molar-refractivity contribution >= 4 is 45.3 Å². The van der Waals surface area contributed by atoms with Crippen LogP contribution >= 0.6 is 34.0 Å². The molecule has 1 aliphatic rings. The van der Waals surface area contributed by atoms with Crippen molar-refractivity contribution in [1.82, 2.24) is 0 Å². The first kappa shape index (κ1) is 18.1. The van der Waals surface area contributed by atoms with Crippen LogP contribution in [0.15, 0.2) is 42.5 Å². The molecule has 0 saturated heterocycles. The molecule has 2 nitrogen and oxygen atoms in total. The van der Waals surface area contributed by atoms with Crippen LogP contribution in [0.4, 0.5) is 11.4 Å². The van der Waals surface area contributed by atoms with Crippen LogP contribution in [-0.2, 0) is 6.42 Å². The van der Waals surface area contributed by atoms with Gasteiger partial charge >= 0.3 is 0 Å². The van der Waals surface area contributed by atoms with Crippen molar-refractivity contribution in [2.24, 2.45) is 0 Å². The van der Waals surface area contributed by atoms with Gasteiger partial charge in [-0.1, -0.05) is 44.0 Å². The zero-order valence-corrected chi connectivity index (χ0v) is 15.5. The van der Waals surface area contributed by atoms with Crippen LogP contribution in [0.3, 0.4) is 0 Å². The Kier molecular flexibility index (Phi) is 7.26. The Balaban J connectivity index is 0.00000110. The number of ether oxygens (including phenoxy) is 1. The highest BCUT2D eigenvalue weighted by atomic mass is 79.9. The molecule has 0 bridgehead atoms. The molecular formula is C17H21Br2NO. The summed E-state index contributed by atoms with van der Waals surface area (Å²) >= 11 is 0. The number of halogens is 2. The first-order chi connectivity index (χ1) is 9.38. The van der Waals surface area contributed by atoms with Crippen LogP contribution in [0.5, 0.6) is 11.5 Å². The maximum atomic E-state index is 5.96. The minimum Gasteiger partial charge on any atom is -0.453 e. The summed E-state index contributed by atoms with van der Waals surface area (Å²) in [5.41, 5.74) is 3.54. The topological polar surface area (TPSA) is 21.3 Å². The number of nitrogens with one attached hydrogen (secondary N) is 1. The second-order valence-corrected chi connectivity index (χ2v) is 4.97. The number of fused-ring (bicyclic) bond motifs is 2. The predicted octanol–water partition coefficient (Wildman–Crippen LogP) is 6.42. The van der Waals surface area contributed by atoms with E-state index >= 15 is 0 Å². The summed E-state index contributed by atoms with van der Waals surface area (Å²) < 4.78 is 5.96. The zero-order valence-electron chi connectivity index (χ0n) is 12.1. The van der Waals surface area contributed by atoms with Crippen LogP contribution in [0.2, 0.25) is 0 Å². The van der Waals surface area contributed by atoms with Crippen molar-refractivity contribution in [3.63, 3.8) is 0 Å². The Morgan fingerprint density at radius 1 is 0.905 bits per heavy atom. The number of aryl methyl sites for hydroxylation is 1. The van der Waals surface area contributed by atoms with Crippen molar-refractivity contribution in [2.45, 2.75) is 32.6 Å². The Hall–Kier alpha value is -1.00. The molecule has 0 aliphatic carbocycles. The third kappa shape index (κ3) is 4.01. The van der Waals surface area contributed by atoms with Crippen LogP contribution < -0.4 is 10.1 Å². The normalized spacial score (nSPS) is 10.9. The lowest BCUT2D eigenvalue weighted by Crippen LogP contribution is -2.05. The van der Waals surface area contributed by atoms with Gasteiger partial charge in [0.1, 0.15) is 0 Å². The third-order valence-corrected chi connectivity index (χ3v) is 3.53. The molecule has 4 heteroatoms. The molecule has 0 aromatic heterocycles. The second-order valence-electron chi connectivity index (χ2n) is 4.97. The van der Waals surface area contributed by atoms with E-state index in [9.17, 15) is 0 Å². The number of unbranched alkanes of at least 4 members (excludes halogenated alkanes) is 2. The molecule has 0 radical (unpaired) electrons. The summed E-state index contributed by atoms with van der Waals surface area (Å²) in [5, 5.41) is 3.51. The molecule has 0 saturated carbocycles. The van der Waals surface area contributed by atoms with Crippen LogP contribution in [0, 0.1) is 0 Å². The van der Waals surface area contributed by atoms with Gasteiger partial charge in [-0.2, -0.15) is 0 Å². The molecule has 0 fully saturated rings. The number of anilines is 2. The minimum absolute atomic E-state index is 0. The van der Waals surface area contributed by atoms with E-state index in [2.05, 4.69) is 30.4 Å². The van der Waals surface area contributed by atoms with Gasteiger partial charge in [0.2, 0.25) is 0 Å². The summed E-state index contributed by atoms with van der Waals surface area (Å²) in [4.78, 5) is 0. The Bertz CT molecular complexity index is 587. The van der Waals surface area contributed by atoms with Gasteiger partial charge in [0.15, 0.2) is 11.5 Å². The number of hydrogen-bond donors (Lipinski definition) is 1. The fraction of sp³-hybridized carbons (Fsp3) is 0.294. The van der Waals surface area contributed by atoms with Crippen molar-refractivity contribution in [2.75, 3.05) is 5.32 Å². The monoisotopic (exact) mass is 413 g/mol. The van der Waals surface area contributed by atoms with E-state index in [0.717, 1.165) is 29.3 Å². The molecule has 1 heterocycles. The highest BCUT2D eigenvalue weighted by Crippen LogP contribution is 2.43. The molecule has 0 amide bonds. The largest absolute Gasteiger partial charge is 0.453 e. The maximum absolute atomic E-state index is 5.96. The predicted molar refractivity (Wildman–Crippen MR) is 100 cm³/mol. The van der Waals surface area contributed by atoms with Gasteiger partial charge in [-0.3, -0.25) is 0 Å². The fourth-order valence-electron chi connectivity index (χ4n) is 2.49. The zero-order chi connectivity index (χ0) is 13.1. The number of para-hydroxylation sites is 3. The summed E-state index contributed by atoms with van der Waals surface area (Å²) in [7, 11) is 0. The van der Waals surface area contributed by atoms with E-state index in [1.165, 1.54) is 24.8 Å². The lowest BCUT2D eigenvalue weighted by atomic mass is 10.0. The van der Waals surface area contributed by atoms with Gasteiger partial charge < -0.3 is 10.1 Å². The number of rotatable bonds is 4. The SMILES string of the molecule is Br.Br.CCCCCc1cccc2c1Nc1ccccc1O2. The van der Waals surface area contributed by atoms with E-state index in [-0.39, 0.29) is 34.0 Å². The Labute approximate surface area is 147 Å². The quantitative estimate of drug-likeness (QED) is 0.497. The molecule has 2 aromatic rings. The highest BCUT2D eigenvalue weighted by molar-refractivity contribution is 8.93. The fourth-order valence-corrected chi connectivity index (χ4v) is 2.49. The second kappa shape index (κ2) is 8.44. The highest BCUT2D eigenvalue weighted by Gasteiger charge is 2.18. The summed E-state index contributed by atoms with van der Waals surface area (Å²) in [6, 6.07) is 14.4. The average molecular weight is 415 g/mol. The van der Waals surface area contributed by atoms with Gasteiger partial charge in [-0.25, -0.2) is 0 Å². The molecule has 3 rings (SSSR count). The lowest BCUT2D eigenvalue weighted by Gasteiger charge is -2.23. The minimum atomic E-state index is 0. The van der Waals surface area contributed by atoms with E-state index < -0.39 is 0 Å². The van der Waals surface area contributed by atoms with Crippen LogP contribution in [0.25, 0.3) is 0 Å². The van der Waals surface area contributed by atoms with E-state index in [1.807, 2.05) is 24.3 Å². The lowest BCUT2D eigenvalue weighted by molar-refractivity contribution is 0.480. The van der Waals surface area contributed by atoms with Crippen LogP contribution in [-0.4, -0.2) is 0 Å². The first-order valence-corrected chi connectivity index (χ1v) is 7.04. The average Bonchev–Trinajstić information content (AvgIpc) is 2.46. The summed E-state index contributed by atoms with van der Waals surface area (Å²) in [6.45, 7) is 2.23. The molecule has 21 heavy (non-hydrogen) atoms. The molecule has 114 valence electrons. The van der Waals surface area contributed by atoms with Crippen molar-refractivity contribution in [3.05, 3.63) is 48.0 Å². The molecule has 2 aromatic carbocycles. The van der Waals surface area contributed by atoms with Crippen molar-refractivity contribution in [1.29, 1.82) is 0 Å². The number of hydrogen-bond acceptors (Lipinski definition) is 2. The first-order valence-electron chi connectivity index (χ1n) is 7.04. The molecule has 0 spiro atoms. The van der Waals surface area contributed by atoms with Gasteiger partial charge in [-0.15, -0.1) is 34.0 Å². The van der Waals surface area contributed by atoms with E-state index in [0.29, 0.717) is 0 Å². The van der Waals surface area contributed by atoms with Gasteiger partial charge in [0.25, 0.3) is 0 Å². The van der Waals surface area contributed by atoms with Crippen LogP contribution in [0.1, 0.15) is 31.7 Å². The Morgan fingerprint density at radius 3 is 2.48 bits per heavy atom. The standard InChI is InChI=1S/C17H19NO.2BrH/c1-2-3-4-8-13-9-7-12-16-17(13)18-14-10-5-6-11-15(14)19-16;;/h5-7,9-12,18H,2-4,8H2,1H3;2*1H. The maximum Gasteiger partial charge on any atom is 0.151 e. The molecule has 1 N–H and O–H groups in total. The van der Waals surface area contributed by atoms with E-state index in [4.69, 9.17) is 4.74 Å². The van der Waals surface area contributed by atoms with E-state index in [1.54, 1.807) is 0 Å². The van der Waals surface area contributed by atoms with Gasteiger partial charge in [0, 0.05) is 0 Å². The molecule has 0 atom stereocenters. The van der Waals surface area contributed by atoms with Gasteiger partial charge in [-0.05, 0) is 36.6 Å². The number of benzene rings is 2. The summed E-state index contributed by atoms with van der Waals surface area (Å²) in [5.74, 6) is 1.84. The van der Waals surface area contributed by atoms with Crippen molar-refractivity contribution < 1.29 is 4.74 Å². The van der Waals surface area contributed by atoms with Gasteiger partial charge in [0.05, 0.1) is 11.4 Å².